The maximum Gasteiger partial charge on any atom is 0.251 e. The van der Waals surface area contributed by atoms with Crippen LogP contribution in [-0.4, -0.2) is 41.3 Å². The second-order valence-corrected chi connectivity index (χ2v) is 9.70. The molecule has 1 aliphatic carbocycles. The van der Waals surface area contributed by atoms with Crippen LogP contribution in [0.25, 0.3) is 0 Å². The summed E-state index contributed by atoms with van der Waals surface area (Å²) >= 11 is 0. The number of amides is 1. The highest BCUT2D eigenvalue weighted by Gasteiger charge is 2.20. The molecule has 32 heavy (non-hydrogen) atoms. The van der Waals surface area contributed by atoms with Crippen molar-refractivity contribution in [2.75, 3.05) is 31.3 Å². The minimum absolute atomic E-state index is 0.128. The summed E-state index contributed by atoms with van der Waals surface area (Å²) in [5.74, 6) is 0.825. The van der Waals surface area contributed by atoms with Crippen LogP contribution in [0.15, 0.2) is 54.1 Å². The smallest absolute Gasteiger partial charge is 0.251 e. The molecule has 3 rings (SSSR count). The van der Waals surface area contributed by atoms with Gasteiger partial charge in [-0.1, -0.05) is 23.8 Å². The van der Waals surface area contributed by atoms with E-state index in [4.69, 9.17) is 9.47 Å². The van der Waals surface area contributed by atoms with Gasteiger partial charge in [-0.2, -0.15) is 0 Å². The summed E-state index contributed by atoms with van der Waals surface area (Å²) in [6, 6.07) is 11.9. The Morgan fingerprint density at radius 2 is 1.75 bits per heavy atom. The number of hydrogen-bond acceptors (Lipinski definition) is 5. The monoisotopic (exact) mass is 458 g/mol. The maximum atomic E-state index is 12.5. The van der Waals surface area contributed by atoms with E-state index in [0.717, 1.165) is 24.7 Å². The predicted octanol–water partition coefficient (Wildman–Crippen LogP) is 3.90. The van der Waals surface area contributed by atoms with Crippen molar-refractivity contribution in [1.82, 2.24) is 5.32 Å². The van der Waals surface area contributed by atoms with Crippen molar-refractivity contribution in [2.45, 2.75) is 32.2 Å². The lowest BCUT2D eigenvalue weighted by molar-refractivity contribution is 0.0956. The van der Waals surface area contributed by atoms with Gasteiger partial charge < -0.3 is 14.8 Å². The molecule has 0 spiro atoms. The predicted molar refractivity (Wildman–Crippen MR) is 126 cm³/mol. The molecule has 1 amide bonds. The van der Waals surface area contributed by atoms with Gasteiger partial charge in [0, 0.05) is 18.2 Å². The molecule has 0 heterocycles. The van der Waals surface area contributed by atoms with Gasteiger partial charge in [0.2, 0.25) is 10.0 Å². The highest BCUT2D eigenvalue weighted by Crippen LogP contribution is 2.33. The van der Waals surface area contributed by atoms with Crippen LogP contribution in [0.2, 0.25) is 0 Å². The Balaban J connectivity index is 1.72. The summed E-state index contributed by atoms with van der Waals surface area (Å²) in [6.07, 6.45) is 7.87. The van der Waals surface area contributed by atoms with E-state index in [0.29, 0.717) is 29.3 Å². The molecule has 0 radical (unpaired) electrons. The van der Waals surface area contributed by atoms with Gasteiger partial charge in [0.05, 0.1) is 32.7 Å². The van der Waals surface area contributed by atoms with Gasteiger partial charge in [0.1, 0.15) is 0 Å². The van der Waals surface area contributed by atoms with E-state index in [9.17, 15) is 13.2 Å². The van der Waals surface area contributed by atoms with Gasteiger partial charge in [-0.25, -0.2) is 8.42 Å². The van der Waals surface area contributed by atoms with Gasteiger partial charge in [0.25, 0.3) is 5.91 Å². The van der Waals surface area contributed by atoms with E-state index >= 15 is 0 Å². The zero-order valence-corrected chi connectivity index (χ0v) is 19.6. The molecule has 0 aromatic heterocycles. The van der Waals surface area contributed by atoms with Crippen LogP contribution in [0, 0.1) is 0 Å². The molecular formula is C24H30N2O5S. The zero-order valence-electron chi connectivity index (χ0n) is 18.8. The van der Waals surface area contributed by atoms with E-state index in [2.05, 4.69) is 11.4 Å². The number of rotatable bonds is 9. The van der Waals surface area contributed by atoms with Crippen LogP contribution < -0.4 is 19.1 Å². The number of benzene rings is 2. The highest BCUT2D eigenvalue weighted by molar-refractivity contribution is 7.92. The van der Waals surface area contributed by atoms with Crippen LogP contribution in [0.3, 0.4) is 0 Å². The molecule has 1 N–H and O–H groups in total. The summed E-state index contributed by atoms with van der Waals surface area (Å²) in [5, 5.41) is 2.96. The topological polar surface area (TPSA) is 84.9 Å². The Labute approximate surface area is 190 Å². The Kier molecular flexibility index (Phi) is 7.80. The summed E-state index contributed by atoms with van der Waals surface area (Å²) < 4.78 is 36.8. The lowest BCUT2D eigenvalue weighted by Gasteiger charge is -2.23. The first kappa shape index (κ1) is 23.7. The lowest BCUT2D eigenvalue weighted by Crippen LogP contribution is -2.29. The molecule has 2 aromatic carbocycles. The number of carbonyl (C=O) groups excluding carboxylic acids is 1. The third kappa shape index (κ3) is 6.03. The maximum absolute atomic E-state index is 12.5. The number of nitrogens with zero attached hydrogens (tertiary/aromatic N) is 1. The number of hydrogen-bond donors (Lipinski definition) is 1. The summed E-state index contributed by atoms with van der Waals surface area (Å²) in [6.45, 7) is 0.699. The van der Waals surface area contributed by atoms with Gasteiger partial charge in [-0.15, -0.1) is 0 Å². The number of ether oxygens (including phenoxy) is 2. The van der Waals surface area contributed by atoms with Crippen molar-refractivity contribution in [1.29, 1.82) is 0 Å². The fourth-order valence-electron chi connectivity index (χ4n) is 3.67. The molecule has 0 atom stereocenters. The Morgan fingerprint density at radius 1 is 1.03 bits per heavy atom. The molecule has 172 valence electrons. The molecule has 0 saturated heterocycles. The fraction of sp³-hybridized carbons (Fsp3) is 0.375. The average molecular weight is 459 g/mol. The molecule has 0 fully saturated rings. The summed E-state index contributed by atoms with van der Waals surface area (Å²) in [4.78, 5) is 12.5. The van der Waals surface area contributed by atoms with Crippen molar-refractivity contribution < 1.29 is 22.7 Å². The zero-order chi connectivity index (χ0) is 23.1. The van der Waals surface area contributed by atoms with Crippen molar-refractivity contribution >= 4 is 21.6 Å². The average Bonchev–Trinajstić information content (AvgIpc) is 2.81. The molecule has 0 bridgehead atoms. The van der Waals surface area contributed by atoms with Gasteiger partial charge in [0.15, 0.2) is 11.5 Å². The standard InChI is InChI=1S/C24H30N2O5S/c1-30-22-14-13-21(15-23(22)31-2)26(32(3,28)29)17-19-9-11-20(12-10-19)24(27)25-16-18-7-5-4-6-8-18/h7,9-15H,4-6,8,16-17H2,1-3H3,(H,25,27). The van der Waals surface area contributed by atoms with Gasteiger partial charge in [-0.3, -0.25) is 9.10 Å². The molecule has 7 nitrogen and oxygen atoms in total. The minimum Gasteiger partial charge on any atom is -0.493 e. The minimum atomic E-state index is -3.56. The fourth-order valence-corrected chi connectivity index (χ4v) is 4.55. The normalized spacial score (nSPS) is 13.8. The van der Waals surface area contributed by atoms with E-state index in [1.54, 1.807) is 42.5 Å². The van der Waals surface area contributed by atoms with Crippen molar-refractivity contribution in [3.63, 3.8) is 0 Å². The van der Waals surface area contributed by atoms with E-state index in [-0.39, 0.29) is 12.5 Å². The van der Waals surface area contributed by atoms with Crippen LogP contribution >= 0.6 is 0 Å². The molecule has 0 aliphatic heterocycles. The number of anilines is 1. The van der Waals surface area contributed by atoms with Crippen LogP contribution in [0.4, 0.5) is 5.69 Å². The molecular weight excluding hydrogens is 428 g/mol. The van der Waals surface area contributed by atoms with E-state index in [1.165, 1.54) is 36.9 Å². The van der Waals surface area contributed by atoms with Crippen molar-refractivity contribution in [2.24, 2.45) is 0 Å². The van der Waals surface area contributed by atoms with Crippen LogP contribution in [0.5, 0.6) is 11.5 Å². The van der Waals surface area contributed by atoms with Gasteiger partial charge >= 0.3 is 0 Å². The van der Waals surface area contributed by atoms with Crippen molar-refractivity contribution in [3.05, 3.63) is 65.2 Å². The first-order chi connectivity index (χ1) is 15.3. The third-order valence-corrected chi connectivity index (χ3v) is 6.60. The van der Waals surface area contributed by atoms with Crippen molar-refractivity contribution in [3.8, 4) is 11.5 Å². The Morgan fingerprint density at radius 3 is 2.34 bits per heavy atom. The van der Waals surface area contributed by atoms with E-state index in [1.807, 2.05) is 0 Å². The molecule has 1 aliphatic rings. The SMILES string of the molecule is COc1ccc(N(Cc2ccc(C(=O)NCC3=CCCCC3)cc2)S(C)(=O)=O)cc1OC. The quantitative estimate of drug-likeness (QED) is 0.576. The molecule has 8 heteroatoms. The molecule has 2 aromatic rings. The Bertz CT molecular complexity index is 1080. The van der Waals surface area contributed by atoms with E-state index < -0.39 is 10.0 Å². The summed E-state index contributed by atoms with van der Waals surface area (Å²) in [7, 11) is -0.532. The van der Waals surface area contributed by atoms with Gasteiger partial charge in [-0.05, 0) is 55.5 Å². The Hall–Kier alpha value is -3.00. The van der Waals surface area contributed by atoms with Crippen LogP contribution in [0.1, 0.15) is 41.6 Å². The third-order valence-electron chi connectivity index (χ3n) is 5.46. The second-order valence-electron chi connectivity index (χ2n) is 7.80. The largest absolute Gasteiger partial charge is 0.493 e. The summed E-state index contributed by atoms with van der Waals surface area (Å²) in [5.41, 5.74) is 3.05. The first-order valence-electron chi connectivity index (χ1n) is 10.6. The number of allylic oxidation sites excluding steroid dienone is 1. The second kappa shape index (κ2) is 10.5. The number of carbonyl (C=O) groups is 1. The number of methoxy groups -OCH3 is 2. The first-order valence-corrected chi connectivity index (χ1v) is 12.4. The lowest BCUT2D eigenvalue weighted by atomic mass is 9.99. The van der Waals surface area contributed by atoms with Crippen LogP contribution in [-0.2, 0) is 16.6 Å². The number of sulfonamides is 1. The highest BCUT2D eigenvalue weighted by atomic mass is 32.2. The number of nitrogens with one attached hydrogen (secondary N) is 1. The molecule has 0 unspecified atom stereocenters. The molecule has 0 saturated carbocycles.